The molecule has 0 radical (unpaired) electrons. The highest BCUT2D eigenvalue weighted by atomic mass is 15.0. The Morgan fingerprint density at radius 2 is 0.685 bits per heavy atom. The molecule has 12 aromatic rings. The highest BCUT2D eigenvalue weighted by molar-refractivity contribution is 6.27. The zero-order valence-corrected chi connectivity index (χ0v) is 29.4. The van der Waals surface area contributed by atoms with Gasteiger partial charge >= 0.3 is 0 Å². The van der Waals surface area contributed by atoms with Gasteiger partial charge in [-0.15, -0.1) is 0 Å². The van der Waals surface area contributed by atoms with Crippen LogP contribution in [0, 0.1) is 0 Å². The van der Waals surface area contributed by atoms with E-state index in [1.54, 1.807) is 0 Å². The molecule has 2 heteroatoms. The van der Waals surface area contributed by atoms with Gasteiger partial charge in [-0.05, 0) is 103 Å². The lowest BCUT2D eigenvalue weighted by Gasteiger charge is -2.17. The van der Waals surface area contributed by atoms with Gasteiger partial charge in [0.05, 0.1) is 22.1 Å². The molecule has 0 aliphatic carbocycles. The fraction of sp³-hybridized carbons (Fsp3) is 0. The van der Waals surface area contributed by atoms with Crippen LogP contribution >= 0.6 is 0 Å². The maximum Gasteiger partial charge on any atom is 0.0541 e. The van der Waals surface area contributed by atoms with Crippen molar-refractivity contribution in [1.29, 1.82) is 0 Å². The standard InChI is InChI=1S/C52H32N2/c1-5-16-47-41(12-1)42-13-2-6-17-48(42)53(47)37-26-20-33(21-27-37)39-28-22-34-25-31-46-40(29-23-35-24-30-45(39)51(34)52(35)46)36-10-9-11-38(32-36)54-49-18-7-3-14-43(49)44-15-4-8-19-50(44)54/h1-32H. The van der Waals surface area contributed by atoms with E-state index in [-0.39, 0.29) is 0 Å². The normalized spacial score (nSPS) is 12.1. The third kappa shape index (κ3) is 4.11. The van der Waals surface area contributed by atoms with Crippen LogP contribution in [-0.4, -0.2) is 9.13 Å². The Bertz CT molecular complexity index is 3330. The molecular formula is C52H32N2. The molecule has 0 amide bonds. The van der Waals surface area contributed by atoms with Crippen LogP contribution in [0.4, 0.5) is 0 Å². The summed E-state index contributed by atoms with van der Waals surface area (Å²) in [6.45, 7) is 0. The molecule has 0 aliphatic heterocycles. The van der Waals surface area contributed by atoms with Crippen molar-refractivity contribution in [2.45, 2.75) is 0 Å². The molecular weight excluding hydrogens is 653 g/mol. The first-order valence-corrected chi connectivity index (χ1v) is 18.7. The number of aromatic nitrogens is 2. The molecule has 0 saturated heterocycles. The van der Waals surface area contributed by atoms with E-state index >= 15 is 0 Å². The number of nitrogens with zero attached hydrogens (tertiary/aromatic N) is 2. The summed E-state index contributed by atoms with van der Waals surface area (Å²) < 4.78 is 4.79. The number of fused-ring (bicyclic) bond motifs is 6. The molecule has 0 unspecified atom stereocenters. The lowest BCUT2D eigenvalue weighted by atomic mass is 9.87. The first-order valence-electron chi connectivity index (χ1n) is 18.7. The fourth-order valence-electron chi connectivity index (χ4n) is 9.31. The first-order chi connectivity index (χ1) is 26.8. The van der Waals surface area contributed by atoms with Gasteiger partial charge in [0.1, 0.15) is 0 Å². The summed E-state index contributed by atoms with van der Waals surface area (Å²) in [7, 11) is 0. The SMILES string of the molecule is c1cc(-c2ccc3ccc4c(-c5ccc(-n6c7ccccc7c7ccccc76)cc5)ccc5ccc2c3c54)cc(-n2c3ccccc3c3ccccc32)c1. The third-order valence-electron chi connectivity index (χ3n) is 11.7. The van der Waals surface area contributed by atoms with Gasteiger partial charge in [-0.2, -0.15) is 0 Å². The van der Waals surface area contributed by atoms with Crippen molar-refractivity contribution in [2.24, 2.45) is 0 Å². The van der Waals surface area contributed by atoms with E-state index in [0.717, 1.165) is 0 Å². The van der Waals surface area contributed by atoms with E-state index < -0.39 is 0 Å². The van der Waals surface area contributed by atoms with Gasteiger partial charge in [-0.25, -0.2) is 0 Å². The summed E-state index contributed by atoms with van der Waals surface area (Å²) in [6, 6.07) is 71.5. The van der Waals surface area contributed by atoms with Crippen LogP contribution in [0.25, 0.3) is 110 Å². The van der Waals surface area contributed by atoms with Crippen molar-refractivity contribution in [3.63, 3.8) is 0 Å². The molecule has 0 spiro atoms. The van der Waals surface area contributed by atoms with Gasteiger partial charge in [0, 0.05) is 32.9 Å². The Hall–Kier alpha value is -7.16. The summed E-state index contributed by atoms with van der Waals surface area (Å²) >= 11 is 0. The molecule has 0 N–H and O–H groups in total. The van der Waals surface area contributed by atoms with Gasteiger partial charge in [0.25, 0.3) is 0 Å². The molecule has 54 heavy (non-hydrogen) atoms. The Labute approximate surface area is 311 Å². The van der Waals surface area contributed by atoms with Crippen molar-refractivity contribution in [2.75, 3.05) is 0 Å². The topological polar surface area (TPSA) is 9.86 Å². The minimum Gasteiger partial charge on any atom is -0.309 e. The van der Waals surface area contributed by atoms with Crippen LogP contribution in [0.1, 0.15) is 0 Å². The number of hydrogen-bond donors (Lipinski definition) is 0. The molecule has 2 nitrogen and oxygen atoms in total. The first kappa shape index (κ1) is 29.4. The van der Waals surface area contributed by atoms with Crippen LogP contribution in [0.5, 0.6) is 0 Å². The van der Waals surface area contributed by atoms with Crippen LogP contribution in [0.2, 0.25) is 0 Å². The summed E-state index contributed by atoms with van der Waals surface area (Å²) in [5.74, 6) is 0. The maximum absolute atomic E-state index is 2.41. The van der Waals surface area contributed by atoms with Gasteiger partial charge in [0.2, 0.25) is 0 Å². The average molecular weight is 685 g/mol. The van der Waals surface area contributed by atoms with Crippen molar-refractivity contribution >= 4 is 75.9 Å². The van der Waals surface area contributed by atoms with Crippen LogP contribution in [-0.2, 0) is 0 Å². The predicted molar refractivity (Wildman–Crippen MR) is 230 cm³/mol. The van der Waals surface area contributed by atoms with Gasteiger partial charge in [-0.3, -0.25) is 0 Å². The van der Waals surface area contributed by atoms with Crippen molar-refractivity contribution in [1.82, 2.24) is 9.13 Å². The zero-order valence-electron chi connectivity index (χ0n) is 29.4. The minimum absolute atomic E-state index is 1.17. The van der Waals surface area contributed by atoms with E-state index in [9.17, 15) is 0 Å². The molecule has 0 atom stereocenters. The Kier molecular flexibility index (Phi) is 6.09. The van der Waals surface area contributed by atoms with Crippen LogP contribution in [0.15, 0.2) is 194 Å². The van der Waals surface area contributed by atoms with E-state index in [2.05, 4.69) is 203 Å². The fourth-order valence-corrected chi connectivity index (χ4v) is 9.31. The summed E-state index contributed by atoms with van der Waals surface area (Å²) in [5.41, 5.74) is 12.2. The lowest BCUT2D eigenvalue weighted by Crippen LogP contribution is -1.95. The molecule has 12 rings (SSSR count). The van der Waals surface area contributed by atoms with Crippen molar-refractivity contribution in [3.05, 3.63) is 194 Å². The number of hydrogen-bond acceptors (Lipinski definition) is 0. The van der Waals surface area contributed by atoms with Gasteiger partial charge in [-0.1, -0.05) is 146 Å². The quantitative estimate of drug-likeness (QED) is 0.163. The number of rotatable bonds is 4. The van der Waals surface area contributed by atoms with Gasteiger partial charge in [0.15, 0.2) is 0 Å². The lowest BCUT2D eigenvalue weighted by molar-refractivity contribution is 1.18. The predicted octanol–water partition coefficient (Wildman–Crippen LogP) is 14.1. The minimum atomic E-state index is 1.17. The molecule has 2 aromatic heterocycles. The van der Waals surface area contributed by atoms with Crippen LogP contribution in [0.3, 0.4) is 0 Å². The molecule has 0 bridgehead atoms. The second kappa shape index (κ2) is 11.2. The second-order valence-electron chi connectivity index (χ2n) is 14.5. The molecule has 10 aromatic carbocycles. The Morgan fingerprint density at radius 1 is 0.259 bits per heavy atom. The molecule has 0 saturated carbocycles. The highest BCUT2D eigenvalue weighted by Gasteiger charge is 2.17. The number of benzene rings is 10. The van der Waals surface area contributed by atoms with E-state index in [1.165, 1.54) is 110 Å². The summed E-state index contributed by atoms with van der Waals surface area (Å²) in [4.78, 5) is 0. The molecule has 2 heterocycles. The highest BCUT2D eigenvalue weighted by Crippen LogP contribution is 2.43. The monoisotopic (exact) mass is 684 g/mol. The maximum atomic E-state index is 2.41. The van der Waals surface area contributed by atoms with Crippen molar-refractivity contribution in [3.8, 4) is 33.6 Å². The zero-order chi connectivity index (χ0) is 35.3. The average Bonchev–Trinajstić information content (AvgIpc) is 3.76. The van der Waals surface area contributed by atoms with Crippen LogP contribution < -0.4 is 0 Å². The van der Waals surface area contributed by atoms with E-state index in [0.29, 0.717) is 0 Å². The van der Waals surface area contributed by atoms with E-state index in [1.807, 2.05) is 0 Å². The Balaban J connectivity index is 1.01. The van der Waals surface area contributed by atoms with E-state index in [4.69, 9.17) is 0 Å². The smallest absolute Gasteiger partial charge is 0.0541 e. The van der Waals surface area contributed by atoms with Crippen molar-refractivity contribution < 1.29 is 0 Å². The molecule has 250 valence electrons. The Morgan fingerprint density at radius 3 is 1.19 bits per heavy atom. The molecule has 0 fully saturated rings. The summed E-state index contributed by atoms with van der Waals surface area (Å²) in [6.07, 6.45) is 0. The number of para-hydroxylation sites is 4. The summed E-state index contributed by atoms with van der Waals surface area (Å²) in [5, 5.41) is 12.9. The van der Waals surface area contributed by atoms with Gasteiger partial charge < -0.3 is 9.13 Å². The largest absolute Gasteiger partial charge is 0.309 e. The second-order valence-corrected chi connectivity index (χ2v) is 14.5. The third-order valence-corrected chi connectivity index (χ3v) is 11.7. The molecule has 0 aliphatic rings.